The van der Waals surface area contributed by atoms with Gasteiger partial charge in [-0.2, -0.15) is 0 Å². The maximum atomic E-state index is 12.7. The molecule has 0 aliphatic carbocycles. The number of amides is 1. The van der Waals surface area contributed by atoms with E-state index in [1.54, 1.807) is 4.68 Å². The van der Waals surface area contributed by atoms with Crippen molar-refractivity contribution in [2.45, 2.75) is 20.4 Å². The fraction of sp³-hybridized carbons (Fsp3) is 0.125. The van der Waals surface area contributed by atoms with Crippen LogP contribution in [0.5, 0.6) is 0 Å². The van der Waals surface area contributed by atoms with E-state index in [-0.39, 0.29) is 11.7 Å². The summed E-state index contributed by atoms with van der Waals surface area (Å²) in [5, 5.41) is 7.44. The predicted octanol–water partition coefficient (Wildman–Crippen LogP) is 4.48. The van der Waals surface area contributed by atoms with Gasteiger partial charge < -0.3 is 5.32 Å². The van der Waals surface area contributed by atoms with Crippen molar-refractivity contribution < 1.29 is 4.79 Å². The first-order valence-electron chi connectivity index (χ1n) is 9.54. The molecule has 4 aromatic rings. The smallest absolute Gasteiger partial charge is 0.291 e. The van der Waals surface area contributed by atoms with Gasteiger partial charge in [-0.05, 0) is 42.7 Å². The molecule has 1 amide bonds. The molecule has 144 valence electrons. The van der Waals surface area contributed by atoms with Gasteiger partial charge in [0.2, 0.25) is 5.82 Å². The monoisotopic (exact) mass is 382 g/mol. The lowest BCUT2D eigenvalue weighted by Crippen LogP contribution is -2.24. The molecule has 0 bridgehead atoms. The Balaban J connectivity index is 1.69. The molecule has 1 N–H and O–H groups in total. The van der Waals surface area contributed by atoms with Gasteiger partial charge in [0.1, 0.15) is 0 Å². The van der Waals surface area contributed by atoms with Crippen LogP contribution in [0.4, 0.5) is 0 Å². The fourth-order valence-corrected chi connectivity index (χ4v) is 3.08. The van der Waals surface area contributed by atoms with Gasteiger partial charge in [-0.3, -0.25) is 4.79 Å². The summed E-state index contributed by atoms with van der Waals surface area (Å²) in [4.78, 5) is 17.3. The number of benzene rings is 3. The SMILES string of the molecule is Cc1ccc(-n2nc(C(=O)NCc3ccccc3)nc2-c2ccccc2)cc1C. The fourth-order valence-electron chi connectivity index (χ4n) is 3.08. The van der Waals surface area contributed by atoms with Crippen molar-refractivity contribution in [3.05, 3.63) is 101 Å². The Hall–Kier alpha value is -3.73. The zero-order valence-electron chi connectivity index (χ0n) is 16.5. The van der Waals surface area contributed by atoms with E-state index in [4.69, 9.17) is 0 Å². The van der Waals surface area contributed by atoms with E-state index >= 15 is 0 Å². The molecule has 0 fully saturated rings. The molecule has 0 aliphatic heterocycles. The third-order valence-corrected chi connectivity index (χ3v) is 4.87. The summed E-state index contributed by atoms with van der Waals surface area (Å²) in [5.74, 6) is 0.491. The third-order valence-electron chi connectivity index (χ3n) is 4.87. The minimum absolute atomic E-state index is 0.151. The molecule has 0 atom stereocenters. The minimum atomic E-state index is -0.298. The largest absolute Gasteiger partial charge is 0.345 e. The van der Waals surface area contributed by atoms with Crippen LogP contribution < -0.4 is 5.32 Å². The summed E-state index contributed by atoms with van der Waals surface area (Å²) in [6.07, 6.45) is 0. The first-order valence-corrected chi connectivity index (χ1v) is 9.54. The van der Waals surface area contributed by atoms with Gasteiger partial charge in [0.15, 0.2) is 5.82 Å². The number of nitrogens with zero attached hydrogens (tertiary/aromatic N) is 3. The van der Waals surface area contributed by atoms with E-state index < -0.39 is 0 Å². The molecule has 5 nitrogen and oxygen atoms in total. The molecule has 29 heavy (non-hydrogen) atoms. The molecule has 0 radical (unpaired) electrons. The quantitative estimate of drug-likeness (QED) is 0.554. The zero-order valence-corrected chi connectivity index (χ0v) is 16.5. The van der Waals surface area contributed by atoms with Crippen molar-refractivity contribution in [1.29, 1.82) is 0 Å². The highest BCUT2D eigenvalue weighted by molar-refractivity contribution is 5.91. The highest BCUT2D eigenvalue weighted by Gasteiger charge is 2.18. The summed E-state index contributed by atoms with van der Waals surface area (Å²) < 4.78 is 1.74. The van der Waals surface area contributed by atoms with Crippen molar-refractivity contribution in [3.63, 3.8) is 0 Å². The van der Waals surface area contributed by atoms with E-state index in [0.717, 1.165) is 22.4 Å². The van der Waals surface area contributed by atoms with Gasteiger partial charge in [-0.25, -0.2) is 9.67 Å². The molecule has 0 aliphatic rings. The summed E-state index contributed by atoms with van der Waals surface area (Å²) >= 11 is 0. The molecule has 0 spiro atoms. The summed E-state index contributed by atoms with van der Waals surface area (Å²) in [6.45, 7) is 4.56. The van der Waals surface area contributed by atoms with E-state index in [1.165, 1.54) is 5.56 Å². The highest BCUT2D eigenvalue weighted by atomic mass is 16.2. The van der Waals surface area contributed by atoms with Crippen LogP contribution >= 0.6 is 0 Å². The molecule has 1 aromatic heterocycles. The minimum Gasteiger partial charge on any atom is -0.345 e. The standard InChI is InChI=1S/C24H22N4O/c1-17-13-14-21(15-18(17)2)28-23(20-11-7-4-8-12-20)26-22(27-28)24(29)25-16-19-9-5-3-6-10-19/h3-15H,16H2,1-2H3,(H,25,29). The second-order valence-corrected chi connectivity index (χ2v) is 6.97. The number of hydrogen-bond donors (Lipinski definition) is 1. The Morgan fingerprint density at radius 2 is 1.59 bits per heavy atom. The van der Waals surface area contributed by atoms with Crippen molar-refractivity contribution in [2.24, 2.45) is 0 Å². The van der Waals surface area contributed by atoms with E-state index in [9.17, 15) is 4.79 Å². The maximum Gasteiger partial charge on any atom is 0.291 e. The molecule has 1 heterocycles. The van der Waals surface area contributed by atoms with Crippen LogP contribution in [0.3, 0.4) is 0 Å². The molecular formula is C24H22N4O. The number of aromatic nitrogens is 3. The molecule has 0 saturated carbocycles. The average molecular weight is 382 g/mol. The lowest BCUT2D eigenvalue weighted by atomic mass is 10.1. The topological polar surface area (TPSA) is 59.8 Å². The summed E-state index contributed by atoms with van der Waals surface area (Å²) in [7, 11) is 0. The maximum absolute atomic E-state index is 12.7. The van der Waals surface area contributed by atoms with E-state index in [0.29, 0.717) is 12.4 Å². The Morgan fingerprint density at radius 3 is 2.28 bits per heavy atom. The Bertz CT molecular complexity index is 1130. The van der Waals surface area contributed by atoms with Gasteiger partial charge >= 0.3 is 0 Å². The van der Waals surface area contributed by atoms with Crippen molar-refractivity contribution >= 4 is 5.91 Å². The molecule has 3 aromatic carbocycles. The highest BCUT2D eigenvalue weighted by Crippen LogP contribution is 2.22. The lowest BCUT2D eigenvalue weighted by Gasteiger charge is -2.08. The van der Waals surface area contributed by atoms with Gasteiger partial charge in [-0.1, -0.05) is 66.7 Å². The first kappa shape index (κ1) is 18.6. The van der Waals surface area contributed by atoms with Crippen molar-refractivity contribution in [3.8, 4) is 17.1 Å². The van der Waals surface area contributed by atoms with E-state index in [2.05, 4.69) is 41.4 Å². The van der Waals surface area contributed by atoms with Crippen LogP contribution in [0.1, 0.15) is 27.3 Å². The Kier molecular flexibility index (Phi) is 5.20. The van der Waals surface area contributed by atoms with Crippen LogP contribution in [-0.2, 0) is 6.54 Å². The van der Waals surface area contributed by atoms with Crippen LogP contribution in [0.25, 0.3) is 17.1 Å². The lowest BCUT2D eigenvalue weighted by molar-refractivity contribution is 0.0940. The van der Waals surface area contributed by atoms with Crippen molar-refractivity contribution in [2.75, 3.05) is 0 Å². The molecule has 0 saturated heterocycles. The van der Waals surface area contributed by atoms with Gasteiger partial charge in [0.25, 0.3) is 5.91 Å². The van der Waals surface area contributed by atoms with Gasteiger partial charge in [0, 0.05) is 12.1 Å². The van der Waals surface area contributed by atoms with Crippen LogP contribution in [-0.4, -0.2) is 20.7 Å². The van der Waals surface area contributed by atoms with E-state index in [1.807, 2.05) is 66.7 Å². The zero-order chi connectivity index (χ0) is 20.2. The molecular weight excluding hydrogens is 360 g/mol. The second-order valence-electron chi connectivity index (χ2n) is 6.97. The normalized spacial score (nSPS) is 10.7. The Morgan fingerprint density at radius 1 is 0.897 bits per heavy atom. The molecule has 5 heteroatoms. The number of hydrogen-bond acceptors (Lipinski definition) is 3. The third kappa shape index (κ3) is 4.09. The van der Waals surface area contributed by atoms with Crippen LogP contribution in [0.2, 0.25) is 0 Å². The second kappa shape index (κ2) is 8.10. The summed E-state index contributed by atoms with van der Waals surface area (Å²) in [6, 6.07) is 25.7. The first-order chi connectivity index (χ1) is 14.1. The Labute approximate surface area is 170 Å². The summed E-state index contributed by atoms with van der Waals surface area (Å²) in [5.41, 5.74) is 5.17. The molecule has 0 unspecified atom stereocenters. The average Bonchev–Trinajstić information content (AvgIpc) is 3.21. The number of carbonyl (C=O) groups excluding carboxylic acids is 1. The van der Waals surface area contributed by atoms with Gasteiger partial charge in [-0.15, -0.1) is 5.10 Å². The molecule has 4 rings (SSSR count). The predicted molar refractivity (Wildman–Crippen MR) is 114 cm³/mol. The number of carbonyl (C=O) groups is 1. The number of nitrogens with one attached hydrogen (secondary N) is 1. The number of rotatable bonds is 5. The van der Waals surface area contributed by atoms with Crippen LogP contribution in [0.15, 0.2) is 78.9 Å². The number of aryl methyl sites for hydroxylation is 2. The van der Waals surface area contributed by atoms with Gasteiger partial charge in [0.05, 0.1) is 5.69 Å². The van der Waals surface area contributed by atoms with Crippen LogP contribution in [0, 0.1) is 13.8 Å². The van der Waals surface area contributed by atoms with Crippen molar-refractivity contribution in [1.82, 2.24) is 20.1 Å².